The van der Waals surface area contributed by atoms with Crippen molar-refractivity contribution < 1.29 is 0 Å². The maximum absolute atomic E-state index is 6.29. The van der Waals surface area contributed by atoms with Gasteiger partial charge in [0.05, 0.1) is 0 Å². The minimum Gasteiger partial charge on any atom is -0.309 e. The molecule has 1 aromatic carbocycles. The lowest BCUT2D eigenvalue weighted by molar-refractivity contribution is 0.0705. The van der Waals surface area contributed by atoms with Crippen LogP contribution in [0.25, 0.3) is 0 Å². The third-order valence-electron chi connectivity index (χ3n) is 4.31. The lowest BCUT2D eigenvalue weighted by Gasteiger charge is -2.46. The molecule has 1 aliphatic rings. The van der Waals surface area contributed by atoms with Crippen LogP contribution in [-0.4, -0.2) is 36.1 Å². The van der Waals surface area contributed by atoms with Crippen LogP contribution in [0.4, 0.5) is 0 Å². The van der Waals surface area contributed by atoms with Crippen molar-refractivity contribution in [3.05, 3.63) is 33.8 Å². The molecule has 21 heavy (non-hydrogen) atoms. The molecule has 1 saturated heterocycles. The summed E-state index contributed by atoms with van der Waals surface area (Å²) in [6.45, 7) is 12.3. The Morgan fingerprint density at radius 2 is 2.05 bits per heavy atom. The number of rotatable bonds is 4. The highest BCUT2D eigenvalue weighted by Crippen LogP contribution is 2.24. The highest BCUT2D eigenvalue weighted by molar-refractivity contribution is 6.35. The smallest absolute Gasteiger partial charge is 0.0453 e. The zero-order valence-electron chi connectivity index (χ0n) is 13.4. The molecule has 0 bridgehead atoms. The van der Waals surface area contributed by atoms with Gasteiger partial charge in [0, 0.05) is 41.3 Å². The summed E-state index contributed by atoms with van der Waals surface area (Å²) >= 11 is 12.3. The molecule has 0 saturated carbocycles. The molecule has 0 aromatic heterocycles. The number of nitrogens with zero attached hydrogens (tertiary/aromatic N) is 1. The fourth-order valence-electron chi connectivity index (χ4n) is 3.08. The van der Waals surface area contributed by atoms with Crippen LogP contribution < -0.4 is 5.32 Å². The van der Waals surface area contributed by atoms with E-state index in [1.54, 1.807) is 0 Å². The van der Waals surface area contributed by atoms with Gasteiger partial charge in [-0.25, -0.2) is 0 Å². The van der Waals surface area contributed by atoms with E-state index in [-0.39, 0.29) is 5.54 Å². The van der Waals surface area contributed by atoms with Crippen molar-refractivity contribution in [3.63, 3.8) is 0 Å². The number of nitrogens with one attached hydrogen (secondary N) is 1. The monoisotopic (exact) mass is 328 g/mol. The van der Waals surface area contributed by atoms with Gasteiger partial charge in [-0.15, -0.1) is 0 Å². The van der Waals surface area contributed by atoms with Crippen molar-refractivity contribution in [1.82, 2.24) is 10.2 Å². The summed E-state index contributed by atoms with van der Waals surface area (Å²) in [7, 11) is 0. The summed E-state index contributed by atoms with van der Waals surface area (Å²) < 4.78 is 0. The van der Waals surface area contributed by atoms with Crippen molar-refractivity contribution in [1.29, 1.82) is 0 Å². The molecule has 1 aromatic rings. The zero-order chi connectivity index (χ0) is 15.6. The van der Waals surface area contributed by atoms with Crippen LogP contribution in [0.5, 0.6) is 0 Å². The van der Waals surface area contributed by atoms with Crippen molar-refractivity contribution in [3.8, 4) is 0 Å². The minimum absolute atomic E-state index is 0.176. The normalized spacial score (nSPS) is 22.7. The molecule has 1 unspecified atom stereocenters. The van der Waals surface area contributed by atoms with Gasteiger partial charge in [0.15, 0.2) is 0 Å². The van der Waals surface area contributed by atoms with Crippen LogP contribution in [0.1, 0.15) is 33.3 Å². The van der Waals surface area contributed by atoms with Crippen LogP contribution in [0.15, 0.2) is 18.2 Å². The Labute approximate surface area is 138 Å². The second kappa shape index (κ2) is 6.87. The molecule has 0 aliphatic carbocycles. The third-order valence-corrected chi connectivity index (χ3v) is 4.90. The highest BCUT2D eigenvalue weighted by Gasteiger charge is 2.33. The van der Waals surface area contributed by atoms with E-state index in [4.69, 9.17) is 23.2 Å². The molecule has 4 heteroatoms. The molecule has 2 nitrogen and oxygen atoms in total. The van der Waals surface area contributed by atoms with E-state index < -0.39 is 0 Å². The van der Waals surface area contributed by atoms with Gasteiger partial charge in [0.2, 0.25) is 0 Å². The van der Waals surface area contributed by atoms with Crippen LogP contribution >= 0.6 is 23.2 Å². The van der Waals surface area contributed by atoms with Crippen LogP contribution in [-0.2, 0) is 6.42 Å². The average Bonchev–Trinajstić information content (AvgIpc) is 2.36. The van der Waals surface area contributed by atoms with Crippen LogP contribution in [0.2, 0.25) is 10.0 Å². The van der Waals surface area contributed by atoms with E-state index in [0.29, 0.717) is 17.0 Å². The first-order valence-electron chi connectivity index (χ1n) is 7.71. The summed E-state index contributed by atoms with van der Waals surface area (Å²) in [6, 6.07) is 6.39. The van der Waals surface area contributed by atoms with Gasteiger partial charge < -0.3 is 5.32 Å². The molecule has 1 fully saturated rings. The molecule has 1 aliphatic heterocycles. The molecule has 0 radical (unpaired) electrons. The van der Waals surface area contributed by atoms with Crippen LogP contribution in [0, 0.1) is 5.92 Å². The summed E-state index contributed by atoms with van der Waals surface area (Å²) in [6.07, 6.45) is 0.968. The molecular formula is C17H26Cl2N2. The minimum atomic E-state index is 0.176. The fraction of sp³-hybridized carbons (Fsp3) is 0.647. The van der Waals surface area contributed by atoms with Gasteiger partial charge >= 0.3 is 0 Å². The number of hydrogen-bond donors (Lipinski definition) is 1. The summed E-state index contributed by atoms with van der Waals surface area (Å²) in [5.74, 6) is 0.647. The van der Waals surface area contributed by atoms with Crippen LogP contribution in [0.3, 0.4) is 0 Å². The second-order valence-corrected chi connectivity index (χ2v) is 7.88. The first-order chi connectivity index (χ1) is 9.78. The van der Waals surface area contributed by atoms with Gasteiger partial charge in [0.25, 0.3) is 0 Å². The van der Waals surface area contributed by atoms with Gasteiger partial charge in [-0.2, -0.15) is 0 Å². The molecule has 0 spiro atoms. The molecule has 1 N–H and O–H groups in total. The lowest BCUT2D eigenvalue weighted by Crippen LogP contribution is -2.63. The molecule has 0 amide bonds. The predicted molar refractivity (Wildman–Crippen MR) is 92.4 cm³/mol. The molecule has 2 rings (SSSR count). The molecular weight excluding hydrogens is 303 g/mol. The van der Waals surface area contributed by atoms with E-state index in [0.717, 1.165) is 31.1 Å². The highest BCUT2D eigenvalue weighted by atomic mass is 35.5. The maximum Gasteiger partial charge on any atom is 0.0453 e. The van der Waals surface area contributed by atoms with Gasteiger partial charge in [-0.3, -0.25) is 4.90 Å². The van der Waals surface area contributed by atoms with Gasteiger partial charge in [0.1, 0.15) is 0 Å². The summed E-state index contributed by atoms with van der Waals surface area (Å²) in [5, 5.41) is 5.13. The Morgan fingerprint density at radius 1 is 1.33 bits per heavy atom. The third kappa shape index (κ3) is 4.59. The average molecular weight is 329 g/mol. The quantitative estimate of drug-likeness (QED) is 0.889. The lowest BCUT2D eigenvalue weighted by atomic mass is 9.92. The predicted octanol–water partition coefficient (Wildman–Crippen LogP) is 4.24. The summed E-state index contributed by atoms with van der Waals surface area (Å²) in [4.78, 5) is 2.60. The molecule has 1 atom stereocenters. The SMILES string of the molecule is CC(C)C1CNC(C)(C)CN1CCc1ccc(Cl)cc1Cl. The fourth-order valence-corrected chi connectivity index (χ4v) is 3.58. The Bertz CT molecular complexity index is 486. The van der Waals surface area contributed by atoms with E-state index in [1.165, 1.54) is 5.56 Å². The summed E-state index contributed by atoms with van der Waals surface area (Å²) in [5.41, 5.74) is 1.36. The number of halogens is 2. The Hall–Kier alpha value is -0.280. The largest absolute Gasteiger partial charge is 0.309 e. The number of hydrogen-bond acceptors (Lipinski definition) is 2. The van der Waals surface area contributed by atoms with E-state index in [2.05, 4.69) is 37.9 Å². The number of piperazine rings is 1. The number of benzene rings is 1. The van der Waals surface area contributed by atoms with Crippen molar-refractivity contribution in [2.75, 3.05) is 19.6 Å². The second-order valence-electron chi connectivity index (χ2n) is 7.03. The first kappa shape index (κ1) is 17.1. The van der Waals surface area contributed by atoms with E-state index in [1.807, 2.05) is 18.2 Å². The van der Waals surface area contributed by atoms with E-state index in [9.17, 15) is 0 Å². The zero-order valence-corrected chi connectivity index (χ0v) is 14.9. The topological polar surface area (TPSA) is 15.3 Å². The van der Waals surface area contributed by atoms with Crippen molar-refractivity contribution in [2.24, 2.45) is 5.92 Å². The standard InChI is InChI=1S/C17H26Cl2N2/c1-12(2)16-10-20-17(3,4)11-21(16)8-7-13-5-6-14(18)9-15(13)19/h5-6,9,12,16,20H,7-8,10-11H2,1-4H3. The van der Waals surface area contributed by atoms with Crippen molar-refractivity contribution >= 4 is 23.2 Å². The van der Waals surface area contributed by atoms with Gasteiger partial charge in [-0.1, -0.05) is 43.1 Å². The van der Waals surface area contributed by atoms with Gasteiger partial charge in [-0.05, 0) is 43.9 Å². The maximum atomic E-state index is 6.29. The first-order valence-corrected chi connectivity index (χ1v) is 8.47. The molecule has 1 heterocycles. The Morgan fingerprint density at radius 3 is 2.67 bits per heavy atom. The van der Waals surface area contributed by atoms with Crippen molar-refractivity contribution in [2.45, 2.75) is 45.7 Å². The Kier molecular flexibility index (Phi) is 5.59. The van der Waals surface area contributed by atoms with E-state index >= 15 is 0 Å². The molecule has 118 valence electrons. The Balaban J connectivity index is 2.04.